The van der Waals surface area contributed by atoms with Crippen molar-refractivity contribution in [3.8, 4) is 0 Å². The molecule has 8 heteroatoms. The van der Waals surface area contributed by atoms with Gasteiger partial charge in [0.25, 0.3) is 0 Å². The summed E-state index contributed by atoms with van der Waals surface area (Å²) in [5.74, 6) is -0.153. The number of aromatic amines is 1. The predicted molar refractivity (Wildman–Crippen MR) is 126 cm³/mol. The number of imide groups is 1. The second kappa shape index (κ2) is 6.90. The van der Waals surface area contributed by atoms with Crippen molar-refractivity contribution >= 4 is 40.6 Å². The predicted octanol–water partition coefficient (Wildman–Crippen LogP) is 3.82. The molecule has 2 aromatic heterocycles. The number of pyridine rings is 1. The van der Waals surface area contributed by atoms with Crippen LogP contribution in [-0.4, -0.2) is 27.0 Å². The van der Waals surface area contributed by atoms with E-state index < -0.39 is 0 Å². The first-order chi connectivity index (χ1) is 16.0. The van der Waals surface area contributed by atoms with Gasteiger partial charge in [-0.1, -0.05) is 35.1 Å². The molecule has 2 amide bonds. The number of hydrogen-bond donors (Lipinski definition) is 1. The lowest BCUT2D eigenvalue weighted by molar-refractivity contribution is -0.123. The molecule has 4 heterocycles. The van der Waals surface area contributed by atoms with Gasteiger partial charge in [-0.3, -0.25) is 24.3 Å². The highest BCUT2D eigenvalue weighted by atomic mass is 32.2. The van der Waals surface area contributed by atoms with E-state index in [1.54, 1.807) is 18.0 Å². The summed E-state index contributed by atoms with van der Waals surface area (Å²) in [6.07, 6.45) is 4.54. The highest BCUT2D eigenvalue weighted by Gasteiger charge is 2.69. The highest BCUT2D eigenvalue weighted by molar-refractivity contribution is 8.00. The minimum absolute atomic E-state index is 0.0242. The van der Waals surface area contributed by atoms with E-state index in [-0.39, 0.29) is 57.4 Å². The maximum Gasteiger partial charge on any atom is 0.305 e. The van der Waals surface area contributed by atoms with E-state index in [0.29, 0.717) is 5.69 Å². The highest BCUT2D eigenvalue weighted by Crippen LogP contribution is 2.68. The molecule has 1 saturated heterocycles. The van der Waals surface area contributed by atoms with Gasteiger partial charge in [0, 0.05) is 28.4 Å². The van der Waals surface area contributed by atoms with E-state index in [0.717, 1.165) is 27.5 Å². The molecule has 2 saturated carbocycles. The van der Waals surface area contributed by atoms with Gasteiger partial charge in [0.2, 0.25) is 11.8 Å². The molecule has 0 radical (unpaired) electrons. The number of nitrogens with one attached hydrogen (secondary N) is 1. The summed E-state index contributed by atoms with van der Waals surface area (Å²) in [4.78, 5) is 49.3. The fraction of sp³-hybridized carbons (Fsp3) is 0.360. The van der Waals surface area contributed by atoms with Gasteiger partial charge in [-0.05, 0) is 54.9 Å². The fourth-order valence-corrected chi connectivity index (χ4v) is 9.79. The number of benzene rings is 1. The van der Waals surface area contributed by atoms with Gasteiger partial charge in [0.1, 0.15) is 0 Å². The molecule has 166 valence electrons. The molecule has 2 aliphatic carbocycles. The van der Waals surface area contributed by atoms with Crippen molar-refractivity contribution in [2.45, 2.75) is 29.5 Å². The number of aryl methyl sites for hydroxylation is 1. The summed E-state index contributed by atoms with van der Waals surface area (Å²) in [6.45, 7) is 2.00. The normalized spacial score (nSPS) is 33.8. The van der Waals surface area contributed by atoms with Crippen LogP contribution in [0.2, 0.25) is 0 Å². The van der Waals surface area contributed by atoms with Gasteiger partial charge in [-0.2, -0.15) is 0 Å². The Bertz CT molecular complexity index is 1350. The van der Waals surface area contributed by atoms with E-state index in [2.05, 4.69) is 16.0 Å². The standard InChI is InChI=1S/C25H21N3O3S2/c1-11-4-6-13(7-5-11)28-23(29)18-14-9-15(19(18)24(28)30)20-17(14)16(12-3-2-8-26-10-12)21-22(32-20)27-25(31)33-21/h2-8,10,14-20H,9H2,1H3,(H,27,31)/t14-,15-,16-,17+,18-,19+,20-/m1/s1. The van der Waals surface area contributed by atoms with E-state index in [9.17, 15) is 14.4 Å². The molecular weight excluding hydrogens is 454 g/mol. The average molecular weight is 476 g/mol. The first-order valence-corrected chi connectivity index (χ1v) is 13.0. The van der Waals surface area contributed by atoms with Crippen LogP contribution in [0.5, 0.6) is 0 Å². The zero-order valence-electron chi connectivity index (χ0n) is 17.8. The van der Waals surface area contributed by atoms with Crippen molar-refractivity contribution in [1.29, 1.82) is 0 Å². The van der Waals surface area contributed by atoms with Crippen molar-refractivity contribution in [1.82, 2.24) is 9.97 Å². The number of rotatable bonds is 2. The topological polar surface area (TPSA) is 83.1 Å². The Balaban J connectivity index is 1.33. The Morgan fingerprint density at radius 1 is 1.03 bits per heavy atom. The van der Waals surface area contributed by atoms with Gasteiger partial charge < -0.3 is 4.98 Å². The Morgan fingerprint density at radius 2 is 1.79 bits per heavy atom. The average Bonchev–Trinajstić information content (AvgIpc) is 3.54. The largest absolute Gasteiger partial charge is 0.307 e. The number of aromatic nitrogens is 2. The minimum Gasteiger partial charge on any atom is -0.307 e. The SMILES string of the molecule is Cc1ccc(N2C(=O)[C@@H]3[C@@H]4C[C@@H]([C@H]5Sc6[nH]c(=O)sc6[C@H](c6cccnc6)[C@H]45)[C@@H]3C2=O)cc1. The van der Waals surface area contributed by atoms with Crippen LogP contribution in [0, 0.1) is 36.5 Å². The summed E-state index contributed by atoms with van der Waals surface area (Å²) in [5, 5.41) is 1.13. The molecule has 0 spiro atoms. The zero-order valence-corrected chi connectivity index (χ0v) is 19.4. The number of H-pyrrole nitrogens is 1. The molecule has 4 aliphatic rings. The second-order valence-electron chi connectivity index (χ2n) is 9.59. The number of amides is 2. The first-order valence-electron chi connectivity index (χ1n) is 11.3. The molecule has 0 unspecified atom stereocenters. The van der Waals surface area contributed by atoms with Gasteiger partial charge in [-0.25, -0.2) is 0 Å². The Morgan fingerprint density at radius 3 is 2.52 bits per heavy atom. The molecule has 33 heavy (non-hydrogen) atoms. The van der Waals surface area contributed by atoms with Crippen LogP contribution in [0.1, 0.15) is 28.3 Å². The molecule has 3 fully saturated rings. The van der Waals surface area contributed by atoms with Gasteiger partial charge in [0.05, 0.1) is 22.5 Å². The molecule has 2 bridgehead atoms. The maximum atomic E-state index is 13.7. The van der Waals surface area contributed by atoms with Crippen LogP contribution >= 0.6 is 23.1 Å². The van der Waals surface area contributed by atoms with Crippen LogP contribution in [0.15, 0.2) is 58.6 Å². The Kier molecular flexibility index (Phi) is 4.13. The summed E-state index contributed by atoms with van der Waals surface area (Å²) in [7, 11) is 0. The lowest BCUT2D eigenvalue weighted by Gasteiger charge is -2.42. The first kappa shape index (κ1) is 19.7. The number of thioether (sulfide) groups is 1. The maximum absolute atomic E-state index is 13.7. The minimum atomic E-state index is -0.276. The van der Waals surface area contributed by atoms with Crippen LogP contribution in [0.3, 0.4) is 0 Å². The van der Waals surface area contributed by atoms with E-state index in [1.165, 1.54) is 16.2 Å². The fourth-order valence-electron chi connectivity index (χ4n) is 6.90. The summed E-state index contributed by atoms with van der Waals surface area (Å²) < 4.78 is 0. The summed E-state index contributed by atoms with van der Waals surface area (Å²) >= 11 is 2.99. The van der Waals surface area contributed by atoms with Crippen LogP contribution in [0.4, 0.5) is 5.69 Å². The van der Waals surface area contributed by atoms with Crippen molar-refractivity contribution in [2.75, 3.05) is 4.90 Å². The molecular formula is C25H21N3O3S2. The van der Waals surface area contributed by atoms with Gasteiger partial charge >= 0.3 is 4.87 Å². The number of nitrogens with zero attached hydrogens (tertiary/aromatic N) is 2. The van der Waals surface area contributed by atoms with Crippen LogP contribution in [0.25, 0.3) is 0 Å². The van der Waals surface area contributed by atoms with Gasteiger partial charge in [-0.15, -0.1) is 11.8 Å². The van der Waals surface area contributed by atoms with Crippen LogP contribution in [-0.2, 0) is 9.59 Å². The molecule has 3 aromatic rings. The Labute approximate surface area is 198 Å². The lowest BCUT2D eigenvalue weighted by atomic mass is 9.68. The number of anilines is 1. The number of carbonyl (C=O) groups excluding carboxylic acids is 2. The third-order valence-corrected chi connectivity index (χ3v) is 10.6. The van der Waals surface area contributed by atoms with Crippen molar-refractivity contribution in [2.24, 2.45) is 29.6 Å². The van der Waals surface area contributed by atoms with Crippen molar-refractivity contribution in [3.63, 3.8) is 0 Å². The number of fused-ring (bicyclic) bond motifs is 9. The van der Waals surface area contributed by atoms with Crippen LogP contribution < -0.4 is 9.77 Å². The molecule has 1 aromatic carbocycles. The third-order valence-electron chi connectivity index (χ3n) is 8.06. The lowest BCUT2D eigenvalue weighted by Crippen LogP contribution is -2.42. The molecule has 1 N–H and O–H groups in total. The molecule has 7 atom stereocenters. The molecule has 7 rings (SSSR count). The van der Waals surface area contributed by atoms with Crippen molar-refractivity contribution < 1.29 is 9.59 Å². The number of carbonyl (C=O) groups is 2. The summed E-state index contributed by atoms with van der Waals surface area (Å²) in [5.41, 5.74) is 2.85. The zero-order chi connectivity index (χ0) is 22.4. The molecule has 2 aliphatic heterocycles. The molecule has 6 nitrogen and oxygen atoms in total. The second-order valence-corrected chi connectivity index (χ2v) is 11.8. The van der Waals surface area contributed by atoms with E-state index >= 15 is 0 Å². The number of thiazole rings is 1. The van der Waals surface area contributed by atoms with Gasteiger partial charge in [0.15, 0.2) is 0 Å². The Hall–Kier alpha value is -2.71. The third kappa shape index (κ3) is 2.62. The van der Waals surface area contributed by atoms with Crippen molar-refractivity contribution in [3.05, 3.63) is 74.5 Å². The quantitative estimate of drug-likeness (QED) is 0.570. The smallest absolute Gasteiger partial charge is 0.305 e. The van der Waals surface area contributed by atoms with E-state index in [1.807, 2.05) is 43.5 Å². The number of hydrogen-bond acceptors (Lipinski definition) is 6. The summed E-state index contributed by atoms with van der Waals surface area (Å²) in [6, 6.07) is 11.6. The monoisotopic (exact) mass is 475 g/mol. The van der Waals surface area contributed by atoms with E-state index in [4.69, 9.17) is 0 Å².